The first-order valence-corrected chi connectivity index (χ1v) is 3.89. The quantitative estimate of drug-likeness (QED) is 0.397. The molecule has 0 aliphatic heterocycles. The van der Waals surface area contributed by atoms with E-state index >= 15 is 0 Å². The van der Waals surface area contributed by atoms with Gasteiger partial charge in [0.05, 0.1) is 6.54 Å². The van der Waals surface area contributed by atoms with Crippen LogP contribution in [0.15, 0.2) is 0 Å². The third kappa shape index (κ3) is 26.3. The molecule has 0 spiro atoms. The summed E-state index contributed by atoms with van der Waals surface area (Å²) in [5, 5.41) is 7.60. The average molecular weight is 187 g/mol. The minimum atomic E-state index is -4.15. The van der Waals surface area contributed by atoms with Gasteiger partial charge in [-0.15, -0.1) is 0 Å². The molecule has 5 N–H and O–H groups in total. The van der Waals surface area contributed by atoms with Gasteiger partial charge in [-0.25, -0.2) is 4.57 Å². The van der Waals surface area contributed by atoms with Crippen LogP contribution in [0.4, 0.5) is 0 Å². The van der Waals surface area contributed by atoms with E-state index in [0.29, 0.717) is 0 Å². The minimum Gasteiger partial charge on any atom is -0.480 e. The Balaban J connectivity index is 0. The molecular weight excluding hydrogens is 177 g/mol. The molecule has 0 heterocycles. The lowest BCUT2D eigenvalue weighted by Gasteiger charge is -1.93. The third-order valence-electron chi connectivity index (χ3n) is 0.412. The largest absolute Gasteiger partial charge is 0.480 e. The highest BCUT2D eigenvalue weighted by atomic mass is 31.2. The highest BCUT2D eigenvalue weighted by Crippen LogP contribution is 2.33. The summed E-state index contributed by atoms with van der Waals surface area (Å²) < 4.78 is 13.1. The Bertz CT molecular complexity index is 152. The number of carboxylic acid groups (broad SMARTS) is 1. The van der Waals surface area contributed by atoms with Crippen molar-refractivity contribution >= 4 is 13.8 Å². The Morgan fingerprint density at radius 1 is 1.64 bits per heavy atom. The summed E-state index contributed by atoms with van der Waals surface area (Å²) in [5.74, 6) is -0.968. The first-order valence-electron chi connectivity index (χ1n) is 2.36. The molecule has 0 rings (SSSR count). The molecule has 0 saturated carbocycles. The number of carboxylic acids is 1. The predicted octanol–water partition coefficient (Wildman–Crippen LogP) is -1.24. The van der Waals surface area contributed by atoms with E-state index in [2.05, 4.69) is 10.3 Å². The molecular formula is C3H10NO6P. The van der Waals surface area contributed by atoms with Crippen LogP contribution in [0, 0.1) is 0 Å². The first kappa shape index (κ1) is 13.2. The van der Waals surface area contributed by atoms with Gasteiger partial charge in [0.2, 0.25) is 0 Å². The molecule has 0 fully saturated rings. The Hall–Kier alpha value is -0.460. The zero-order chi connectivity index (χ0) is 9.49. The molecule has 0 atom stereocenters. The Morgan fingerprint density at radius 3 is 1.82 bits per heavy atom. The second-order valence-corrected chi connectivity index (χ2v) is 2.62. The molecule has 0 saturated heterocycles. The van der Waals surface area contributed by atoms with E-state index in [1.807, 2.05) is 0 Å². The fourth-order valence-electron chi connectivity index (χ4n) is 0. The molecule has 0 aliphatic rings. The van der Waals surface area contributed by atoms with Crippen LogP contribution in [0.2, 0.25) is 0 Å². The third-order valence-corrected chi connectivity index (χ3v) is 0.888. The van der Waals surface area contributed by atoms with Crippen LogP contribution in [0.25, 0.3) is 0 Å². The standard InChI is InChI=1S/C2H5NO2.CH5O4P/c3-1-2(4)5;1-5-6(2,3)4/h1,3H2,(H,4,5);1H3,(H2,2,3,4). The maximum Gasteiger partial charge on any atom is 0.469 e. The van der Waals surface area contributed by atoms with E-state index in [0.717, 1.165) is 7.11 Å². The second kappa shape index (κ2) is 6.26. The van der Waals surface area contributed by atoms with Gasteiger partial charge >= 0.3 is 13.8 Å². The van der Waals surface area contributed by atoms with E-state index in [1.54, 1.807) is 0 Å². The van der Waals surface area contributed by atoms with Gasteiger partial charge in [0.1, 0.15) is 0 Å². The number of carbonyl (C=O) groups is 1. The van der Waals surface area contributed by atoms with Crippen LogP contribution in [0.5, 0.6) is 0 Å². The molecule has 8 heteroatoms. The van der Waals surface area contributed by atoms with Gasteiger partial charge in [-0.05, 0) is 0 Å². The smallest absolute Gasteiger partial charge is 0.469 e. The summed E-state index contributed by atoms with van der Waals surface area (Å²) in [6, 6.07) is 0. The van der Waals surface area contributed by atoms with Crippen molar-refractivity contribution in [1.29, 1.82) is 0 Å². The fourth-order valence-corrected chi connectivity index (χ4v) is 0. The molecule has 0 aromatic heterocycles. The van der Waals surface area contributed by atoms with Crippen LogP contribution < -0.4 is 5.73 Å². The molecule has 11 heavy (non-hydrogen) atoms. The summed E-state index contributed by atoms with van der Waals surface area (Å²) in [5.41, 5.74) is 4.57. The Morgan fingerprint density at radius 2 is 1.82 bits per heavy atom. The number of hydrogen-bond acceptors (Lipinski definition) is 4. The van der Waals surface area contributed by atoms with Gasteiger partial charge < -0.3 is 20.6 Å². The number of aliphatic carboxylic acids is 1. The zero-order valence-corrected chi connectivity index (χ0v) is 6.69. The Kier molecular flexibility index (Phi) is 7.49. The van der Waals surface area contributed by atoms with Crippen molar-refractivity contribution in [3.63, 3.8) is 0 Å². The van der Waals surface area contributed by atoms with E-state index in [9.17, 15) is 9.36 Å². The van der Waals surface area contributed by atoms with E-state index in [1.165, 1.54) is 0 Å². The monoisotopic (exact) mass is 187 g/mol. The van der Waals surface area contributed by atoms with Crippen molar-refractivity contribution in [1.82, 2.24) is 0 Å². The fraction of sp³-hybridized carbons (Fsp3) is 0.667. The maximum atomic E-state index is 9.47. The van der Waals surface area contributed by atoms with Crippen molar-refractivity contribution in [2.24, 2.45) is 5.73 Å². The van der Waals surface area contributed by atoms with Gasteiger partial charge in [0.15, 0.2) is 0 Å². The summed E-state index contributed by atoms with van der Waals surface area (Å²) in [6.07, 6.45) is 0. The number of rotatable bonds is 2. The number of hydrogen-bond donors (Lipinski definition) is 4. The van der Waals surface area contributed by atoms with Crippen LogP contribution in [0.3, 0.4) is 0 Å². The molecule has 0 amide bonds. The summed E-state index contributed by atoms with van der Waals surface area (Å²) in [7, 11) is -3.20. The number of phosphoric ester groups is 1. The van der Waals surface area contributed by atoms with Gasteiger partial charge in [-0.3, -0.25) is 9.32 Å². The van der Waals surface area contributed by atoms with Crippen LogP contribution in [-0.2, 0) is 13.9 Å². The topological polar surface area (TPSA) is 130 Å². The van der Waals surface area contributed by atoms with Crippen LogP contribution in [-0.4, -0.2) is 34.5 Å². The zero-order valence-electron chi connectivity index (χ0n) is 5.80. The van der Waals surface area contributed by atoms with Crippen molar-refractivity contribution in [2.75, 3.05) is 13.7 Å². The van der Waals surface area contributed by atoms with Gasteiger partial charge in [-0.2, -0.15) is 0 Å². The van der Waals surface area contributed by atoms with E-state index in [-0.39, 0.29) is 6.54 Å². The number of nitrogens with two attached hydrogens (primary N) is 1. The molecule has 0 aromatic rings. The lowest BCUT2D eigenvalue weighted by Crippen LogP contribution is -2.10. The lowest BCUT2D eigenvalue weighted by molar-refractivity contribution is -0.135. The minimum absolute atomic E-state index is 0.278. The van der Waals surface area contributed by atoms with Crippen molar-refractivity contribution in [3.05, 3.63) is 0 Å². The summed E-state index contributed by atoms with van der Waals surface area (Å²) in [4.78, 5) is 24.7. The van der Waals surface area contributed by atoms with Crippen molar-refractivity contribution in [3.8, 4) is 0 Å². The molecule has 0 unspecified atom stereocenters. The van der Waals surface area contributed by atoms with Crippen LogP contribution >= 0.6 is 7.82 Å². The maximum absolute atomic E-state index is 9.47. The molecule has 0 radical (unpaired) electrons. The van der Waals surface area contributed by atoms with Gasteiger partial charge in [0.25, 0.3) is 0 Å². The summed E-state index contributed by atoms with van der Waals surface area (Å²) >= 11 is 0. The molecule has 7 nitrogen and oxygen atoms in total. The van der Waals surface area contributed by atoms with Crippen molar-refractivity contribution in [2.45, 2.75) is 0 Å². The predicted molar refractivity (Wildman–Crippen MR) is 35.7 cm³/mol. The first-order chi connectivity index (χ1) is 4.83. The van der Waals surface area contributed by atoms with E-state index in [4.69, 9.17) is 14.9 Å². The number of phosphoric acid groups is 1. The molecule has 0 aliphatic carbocycles. The summed E-state index contributed by atoms with van der Waals surface area (Å²) in [6.45, 7) is -0.278. The molecule has 0 aromatic carbocycles. The average Bonchev–Trinajstić information content (AvgIpc) is 1.88. The highest BCUT2D eigenvalue weighted by molar-refractivity contribution is 7.46. The normalized spacial score (nSPS) is 9.82. The second-order valence-electron chi connectivity index (χ2n) is 1.27. The SMILES string of the molecule is COP(=O)(O)O.NCC(=O)O. The lowest BCUT2D eigenvalue weighted by atomic mass is 10.7. The molecule has 68 valence electrons. The van der Waals surface area contributed by atoms with Gasteiger partial charge in [-0.1, -0.05) is 0 Å². The van der Waals surface area contributed by atoms with Crippen LogP contribution in [0.1, 0.15) is 0 Å². The highest BCUT2D eigenvalue weighted by Gasteiger charge is 2.07. The van der Waals surface area contributed by atoms with Gasteiger partial charge in [0, 0.05) is 7.11 Å². The molecule has 0 bridgehead atoms. The van der Waals surface area contributed by atoms with Crippen molar-refractivity contribution < 1.29 is 28.8 Å². The van der Waals surface area contributed by atoms with E-state index < -0.39 is 13.8 Å². The Labute approximate surface area is 63.0 Å².